The molecule has 2 aliphatic rings. The minimum absolute atomic E-state index is 0.129. The van der Waals surface area contributed by atoms with Crippen LogP contribution in [0.1, 0.15) is 19.3 Å². The molecule has 19 heavy (non-hydrogen) atoms. The molecule has 1 aromatic rings. The van der Waals surface area contributed by atoms with Crippen molar-refractivity contribution in [2.24, 2.45) is 0 Å². The van der Waals surface area contributed by atoms with Gasteiger partial charge in [0.05, 0.1) is 0 Å². The fraction of sp³-hybridized carbons (Fsp3) is 0.533. The predicted molar refractivity (Wildman–Crippen MR) is 76.4 cm³/mol. The van der Waals surface area contributed by atoms with Gasteiger partial charge in [-0.25, -0.2) is 4.79 Å². The molecule has 2 heterocycles. The second-order valence-electron chi connectivity index (χ2n) is 5.39. The molecule has 4 nitrogen and oxygen atoms in total. The van der Waals surface area contributed by atoms with Crippen LogP contribution in [0.15, 0.2) is 30.3 Å². The van der Waals surface area contributed by atoms with Gasteiger partial charge in [-0.1, -0.05) is 18.2 Å². The van der Waals surface area contributed by atoms with Crippen LogP contribution in [0.4, 0.5) is 10.5 Å². The molecule has 0 aliphatic carbocycles. The van der Waals surface area contributed by atoms with E-state index in [1.165, 1.54) is 5.69 Å². The van der Waals surface area contributed by atoms with Crippen LogP contribution in [0.25, 0.3) is 0 Å². The van der Waals surface area contributed by atoms with Crippen molar-refractivity contribution >= 4 is 11.7 Å². The number of piperidine rings is 1. The standard InChI is InChI=1S/C15H21N3O/c19-15(18-9-4-10-18)16-13-7-11-17(12-8-13)14-5-2-1-3-6-14/h1-3,5-6,13H,4,7-12H2,(H,16,19). The summed E-state index contributed by atoms with van der Waals surface area (Å²) < 4.78 is 0. The summed E-state index contributed by atoms with van der Waals surface area (Å²) in [4.78, 5) is 16.1. The van der Waals surface area contributed by atoms with Gasteiger partial charge >= 0.3 is 6.03 Å². The summed E-state index contributed by atoms with van der Waals surface area (Å²) >= 11 is 0. The zero-order valence-electron chi connectivity index (χ0n) is 11.2. The number of benzene rings is 1. The summed E-state index contributed by atoms with van der Waals surface area (Å²) in [5, 5.41) is 3.15. The van der Waals surface area contributed by atoms with E-state index in [-0.39, 0.29) is 6.03 Å². The lowest BCUT2D eigenvalue weighted by Gasteiger charge is -2.37. The van der Waals surface area contributed by atoms with E-state index in [4.69, 9.17) is 0 Å². The van der Waals surface area contributed by atoms with Gasteiger partial charge < -0.3 is 15.1 Å². The van der Waals surface area contributed by atoms with Gasteiger partial charge in [0.2, 0.25) is 0 Å². The SMILES string of the molecule is O=C(NC1CCN(c2ccccc2)CC1)N1CCC1. The van der Waals surface area contributed by atoms with Crippen molar-refractivity contribution in [3.05, 3.63) is 30.3 Å². The molecule has 0 atom stereocenters. The number of amides is 2. The molecule has 1 N–H and O–H groups in total. The monoisotopic (exact) mass is 259 g/mol. The molecule has 0 saturated carbocycles. The highest BCUT2D eigenvalue weighted by Gasteiger charge is 2.25. The summed E-state index contributed by atoms with van der Waals surface area (Å²) in [5.41, 5.74) is 1.29. The Bertz CT molecular complexity index is 422. The van der Waals surface area contributed by atoms with Gasteiger partial charge in [0, 0.05) is 37.9 Å². The third-order valence-corrected chi connectivity index (χ3v) is 4.09. The Kier molecular flexibility index (Phi) is 3.58. The van der Waals surface area contributed by atoms with Gasteiger partial charge in [0.1, 0.15) is 0 Å². The Labute approximate surface area is 114 Å². The van der Waals surface area contributed by atoms with Gasteiger partial charge in [0.15, 0.2) is 0 Å². The average molecular weight is 259 g/mol. The number of hydrogen-bond acceptors (Lipinski definition) is 2. The molecular formula is C15H21N3O. The first-order valence-corrected chi connectivity index (χ1v) is 7.18. The van der Waals surface area contributed by atoms with Crippen LogP contribution < -0.4 is 10.2 Å². The second kappa shape index (κ2) is 5.51. The summed E-state index contributed by atoms with van der Waals surface area (Å²) in [6, 6.07) is 11.0. The number of nitrogens with zero attached hydrogens (tertiary/aromatic N) is 2. The molecule has 2 fully saturated rings. The molecule has 102 valence electrons. The van der Waals surface area contributed by atoms with Gasteiger partial charge in [0.25, 0.3) is 0 Å². The number of likely N-dealkylation sites (tertiary alicyclic amines) is 1. The van der Waals surface area contributed by atoms with Gasteiger partial charge in [-0.2, -0.15) is 0 Å². The number of nitrogens with one attached hydrogen (secondary N) is 1. The molecule has 0 spiro atoms. The first kappa shape index (κ1) is 12.3. The molecule has 2 saturated heterocycles. The Balaban J connectivity index is 1.48. The molecule has 0 radical (unpaired) electrons. The van der Waals surface area contributed by atoms with Gasteiger partial charge in [-0.15, -0.1) is 0 Å². The molecule has 3 rings (SSSR count). The Hall–Kier alpha value is -1.71. The molecule has 0 unspecified atom stereocenters. The number of carbonyl (C=O) groups excluding carboxylic acids is 1. The lowest BCUT2D eigenvalue weighted by molar-refractivity contribution is 0.162. The highest BCUT2D eigenvalue weighted by molar-refractivity contribution is 5.75. The minimum Gasteiger partial charge on any atom is -0.371 e. The first-order chi connectivity index (χ1) is 9.33. The maximum Gasteiger partial charge on any atom is 0.317 e. The van der Waals surface area contributed by atoms with E-state index in [2.05, 4.69) is 34.5 Å². The topological polar surface area (TPSA) is 35.6 Å². The van der Waals surface area contributed by atoms with Crippen LogP contribution in [0, 0.1) is 0 Å². The summed E-state index contributed by atoms with van der Waals surface area (Å²) in [6.45, 7) is 3.90. The zero-order chi connectivity index (χ0) is 13.1. The van der Waals surface area contributed by atoms with E-state index in [0.717, 1.165) is 45.4 Å². The third-order valence-electron chi connectivity index (χ3n) is 4.09. The van der Waals surface area contributed by atoms with Crippen molar-refractivity contribution in [2.45, 2.75) is 25.3 Å². The molecule has 0 bridgehead atoms. The minimum atomic E-state index is 0.129. The fourth-order valence-corrected chi connectivity index (χ4v) is 2.71. The smallest absolute Gasteiger partial charge is 0.317 e. The van der Waals surface area contributed by atoms with Crippen molar-refractivity contribution in [3.63, 3.8) is 0 Å². The Morgan fingerprint density at radius 2 is 1.74 bits per heavy atom. The highest BCUT2D eigenvalue weighted by atomic mass is 16.2. The summed E-state index contributed by atoms with van der Waals surface area (Å²) in [5.74, 6) is 0. The van der Waals surface area contributed by atoms with E-state index in [0.29, 0.717) is 6.04 Å². The van der Waals surface area contributed by atoms with Crippen LogP contribution in [0.3, 0.4) is 0 Å². The predicted octanol–water partition coefficient (Wildman–Crippen LogP) is 2.07. The molecule has 2 amide bonds. The van der Waals surface area contributed by atoms with Crippen LogP contribution in [0.2, 0.25) is 0 Å². The van der Waals surface area contributed by atoms with E-state index in [1.54, 1.807) is 0 Å². The fourth-order valence-electron chi connectivity index (χ4n) is 2.71. The van der Waals surface area contributed by atoms with Crippen molar-refractivity contribution in [2.75, 3.05) is 31.1 Å². The van der Waals surface area contributed by atoms with Crippen LogP contribution in [0.5, 0.6) is 0 Å². The zero-order valence-corrected chi connectivity index (χ0v) is 11.2. The molecule has 0 aromatic heterocycles. The average Bonchev–Trinajstić information content (AvgIpc) is 2.38. The normalized spacial score (nSPS) is 20.0. The molecule has 1 aromatic carbocycles. The molecular weight excluding hydrogens is 238 g/mol. The van der Waals surface area contributed by atoms with Crippen molar-refractivity contribution in [1.29, 1.82) is 0 Å². The summed E-state index contributed by atoms with van der Waals surface area (Å²) in [6.07, 6.45) is 3.23. The lowest BCUT2D eigenvalue weighted by Crippen LogP contribution is -2.53. The van der Waals surface area contributed by atoms with Crippen LogP contribution >= 0.6 is 0 Å². The van der Waals surface area contributed by atoms with Crippen LogP contribution in [-0.2, 0) is 0 Å². The van der Waals surface area contributed by atoms with Gasteiger partial charge in [-0.3, -0.25) is 0 Å². The third kappa shape index (κ3) is 2.83. The summed E-state index contributed by atoms with van der Waals surface area (Å²) in [7, 11) is 0. The largest absolute Gasteiger partial charge is 0.371 e. The number of anilines is 1. The maximum atomic E-state index is 11.8. The second-order valence-corrected chi connectivity index (χ2v) is 5.39. The quantitative estimate of drug-likeness (QED) is 0.882. The first-order valence-electron chi connectivity index (χ1n) is 7.18. The van der Waals surface area contributed by atoms with E-state index in [9.17, 15) is 4.79 Å². The lowest BCUT2D eigenvalue weighted by atomic mass is 10.0. The Morgan fingerprint density at radius 1 is 1.05 bits per heavy atom. The van der Waals surface area contributed by atoms with E-state index in [1.807, 2.05) is 11.0 Å². The van der Waals surface area contributed by atoms with E-state index < -0.39 is 0 Å². The maximum absolute atomic E-state index is 11.8. The number of hydrogen-bond donors (Lipinski definition) is 1. The van der Waals surface area contributed by atoms with Crippen molar-refractivity contribution in [3.8, 4) is 0 Å². The molecule has 4 heteroatoms. The number of para-hydroxylation sites is 1. The number of carbonyl (C=O) groups is 1. The molecule has 2 aliphatic heterocycles. The Morgan fingerprint density at radius 3 is 2.32 bits per heavy atom. The number of urea groups is 1. The number of rotatable bonds is 2. The van der Waals surface area contributed by atoms with Gasteiger partial charge in [-0.05, 0) is 31.4 Å². The van der Waals surface area contributed by atoms with Crippen molar-refractivity contribution < 1.29 is 4.79 Å². The van der Waals surface area contributed by atoms with Crippen molar-refractivity contribution in [1.82, 2.24) is 10.2 Å². The van der Waals surface area contributed by atoms with Crippen LogP contribution in [-0.4, -0.2) is 43.2 Å². The van der Waals surface area contributed by atoms with E-state index >= 15 is 0 Å². The highest BCUT2D eigenvalue weighted by Crippen LogP contribution is 2.19.